The van der Waals surface area contributed by atoms with E-state index >= 15 is 0 Å². The van der Waals surface area contributed by atoms with Crippen molar-refractivity contribution in [3.05, 3.63) is 53.8 Å². The first-order valence-corrected chi connectivity index (χ1v) is 8.48. The highest BCUT2D eigenvalue weighted by molar-refractivity contribution is 6.30. The summed E-state index contributed by atoms with van der Waals surface area (Å²) in [6.45, 7) is 0.963. The van der Waals surface area contributed by atoms with Gasteiger partial charge in [0.1, 0.15) is 0 Å². The maximum Gasteiger partial charge on any atom is 0.404 e. The Kier molecular flexibility index (Phi) is 5.70. The van der Waals surface area contributed by atoms with Crippen molar-refractivity contribution in [2.45, 2.75) is 6.42 Å². The summed E-state index contributed by atoms with van der Waals surface area (Å²) in [5.74, 6) is 0.705. The minimum Gasteiger partial charge on any atom is -0.465 e. The van der Waals surface area contributed by atoms with Gasteiger partial charge in [-0.05, 0) is 36.2 Å². The molecule has 0 atom stereocenters. The molecular formula is C18H18ClN5O2. The molecular weight excluding hydrogens is 354 g/mol. The van der Waals surface area contributed by atoms with Crippen LogP contribution >= 0.6 is 11.6 Å². The lowest BCUT2D eigenvalue weighted by molar-refractivity contribution is 0.194. The molecule has 2 heterocycles. The predicted molar refractivity (Wildman–Crippen MR) is 101 cm³/mol. The average molecular weight is 372 g/mol. The van der Waals surface area contributed by atoms with Crippen LogP contribution in [0.15, 0.2) is 48.8 Å². The number of nitrogens with zero attached hydrogens (tertiary/aromatic N) is 2. The van der Waals surface area contributed by atoms with E-state index in [1.807, 2.05) is 36.4 Å². The molecule has 1 amide bonds. The molecule has 8 heteroatoms. The largest absolute Gasteiger partial charge is 0.465 e. The number of aromatic nitrogens is 3. The van der Waals surface area contributed by atoms with Gasteiger partial charge in [-0.1, -0.05) is 23.7 Å². The second-order valence-corrected chi connectivity index (χ2v) is 6.01. The Hall–Kier alpha value is -3.06. The predicted octanol–water partition coefficient (Wildman–Crippen LogP) is 3.86. The Balaban J connectivity index is 1.85. The topological polar surface area (TPSA) is 103 Å². The molecule has 134 valence electrons. The number of pyridine rings is 1. The number of hydrogen-bond acceptors (Lipinski definition) is 4. The summed E-state index contributed by atoms with van der Waals surface area (Å²) in [7, 11) is 0. The van der Waals surface area contributed by atoms with Crippen LogP contribution in [0, 0.1) is 0 Å². The van der Waals surface area contributed by atoms with Gasteiger partial charge in [-0.2, -0.15) is 5.10 Å². The number of benzene rings is 1. The third kappa shape index (κ3) is 4.31. The molecule has 0 spiro atoms. The Morgan fingerprint density at radius 1 is 1.08 bits per heavy atom. The molecule has 0 saturated carbocycles. The molecule has 3 rings (SSSR count). The van der Waals surface area contributed by atoms with Crippen LogP contribution in [-0.2, 0) is 0 Å². The van der Waals surface area contributed by atoms with Crippen molar-refractivity contribution in [3.63, 3.8) is 0 Å². The lowest BCUT2D eigenvalue weighted by Gasteiger charge is -2.09. The SMILES string of the molecule is O=C(O)NCCCNc1n[nH]c(-c2ccc(Cl)cc2)c1-c1ccncc1. The zero-order valence-electron chi connectivity index (χ0n) is 13.9. The molecule has 4 N–H and O–H groups in total. The van der Waals surface area contributed by atoms with Crippen LogP contribution in [-0.4, -0.2) is 39.5 Å². The first kappa shape index (κ1) is 17.8. The van der Waals surface area contributed by atoms with Gasteiger partial charge in [0, 0.05) is 36.1 Å². The summed E-state index contributed by atoms with van der Waals surface area (Å²) < 4.78 is 0. The summed E-state index contributed by atoms with van der Waals surface area (Å²) in [4.78, 5) is 14.6. The van der Waals surface area contributed by atoms with Gasteiger partial charge >= 0.3 is 6.09 Å². The van der Waals surface area contributed by atoms with Crippen molar-refractivity contribution in [1.29, 1.82) is 0 Å². The molecule has 0 saturated heterocycles. The van der Waals surface area contributed by atoms with Crippen LogP contribution in [0.2, 0.25) is 5.02 Å². The van der Waals surface area contributed by atoms with E-state index in [4.69, 9.17) is 16.7 Å². The molecule has 0 radical (unpaired) electrons. The summed E-state index contributed by atoms with van der Waals surface area (Å²) in [6.07, 6.45) is 3.08. The Bertz CT molecular complexity index is 865. The van der Waals surface area contributed by atoms with Gasteiger partial charge in [0.2, 0.25) is 0 Å². The summed E-state index contributed by atoms with van der Waals surface area (Å²) in [5.41, 5.74) is 3.75. The number of H-pyrrole nitrogens is 1. The average Bonchev–Trinajstić information content (AvgIpc) is 3.06. The molecule has 26 heavy (non-hydrogen) atoms. The van der Waals surface area contributed by atoms with Crippen LogP contribution in [0.4, 0.5) is 10.6 Å². The van der Waals surface area contributed by atoms with Crippen molar-refractivity contribution in [3.8, 4) is 22.4 Å². The number of anilines is 1. The number of rotatable bonds is 7. The van der Waals surface area contributed by atoms with Crippen molar-refractivity contribution < 1.29 is 9.90 Å². The van der Waals surface area contributed by atoms with Gasteiger partial charge in [-0.3, -0.25) is 10.1 Å². The third-order valence-corrected chi connectivity index (χ3v) is 4.04. The van der Waals surface area contributed by atoms with Gasteiger partial charge in [-0.25, -0.2) is 4.79 Å². The van der Waals surface area contributed by atoms with Crippen LogP contribution < -0.4 is 10.6 Å². The quantitative estimate of drug-likeness (QED) is 0.472. The van der Waals surface area contributed by atoms with Crippen LogP contribution in [0.1, 0.15) is 6.42 Å². The molecule has 3 aromatic rings. The highest BCUT2D eigenvalue weighted by Gasteiger charge is 2.16. The monoisotopic (exact) mass is 371 g/mol. The third-order valence-electron chi connectivity index (χ3n) is 3.79. The van der Waals surface area contributed by atoms with Gasteiger partial charge in [0.05, 0.1) is 11.3 Å². The lowest BCUT2D eigenvalue weighted by Crippen LogP contribution is -2.23. The minimum absolute atomic E-state index is 0.376. The maximum atomic E-state index is 10.5. The Morgan fingerprint density at radius 3 is 2.50 bits per heavy atom. The molecule has 2 aromatic heterocycles. The molecule has 1 aromatic carbocycles. The molecule has 0 fully saturated rings. The highest BCUT2D eigenvalue weighted by atomic mass is 35.5. The van der Waals surface area contributed by atoms with E-state index in [-0.39, 0.29) is 0 Å². The minimum atomic E-state index is -1.02. The van der Waals surface area contributed by atoms with E-state index in [1.165, 1.54) is 0 Å². The van der Waals surface area contributed by atoms with Gasteiger partial charge in [0.15, 0.2) is 5.82 Å². The number of carboxylic acid groups (broad SMARTS) is 1. The summed E-state index contributed by atoms with van der Waals surface area (Å²) in [6, 6.07) is 11.4. The van der Waals surface area contributed by atoms with Gasteiger partial charge in [0.25, 0.3) is 0 Å². The fourth-order valence-corrected chi connectivity index (χ4v) is 2.71. The molecule has 7 nitrogen and oxygen atoms in total. The second kappa shape index (κ2) is 8.35. The fraction of sp³-hybridized carbons (Fsp3) is 0.167. The number of aromatic amines is 1. The van der Waals surface area contributed by atoms with Crippen LogP contribution in [0.5, 0.6) is 0 Å². The van der Waals surface area contributed by atoms with E-state index in [1.54, 1.807) is 12.4 Å². The van der Waals surface area contributed by atoms with Crippen molar-refractivity contribution in [2.75, 3.05) is 18.4 Å². The van der Waals surface area contributed by atoms with Crippen molar-refractivity contribution in [2.24, 2.45) is 0 Å². The smallest absolute Gasteiger partial charge is 0.404 e. The number of hydrogen-bond donors (Lipinski definition) is 4. The van der Waals surface area contributed by atoms with E-state index in [9.17, 15) is 4.79 Å². The zero-order chi connectivity index (χ0) is 18.4. The van der Waals surface area contributed by atoms with Gasteiger partial charge in [-0.15, -0.1) is 0 Å². The molecule has 0 aliphatic heterocycles. The number of halogens is 1. The molecule has 0 aliphatic carbocycles. The fourth-order valence-electron chi connectivity index (χ4n) is 2.59. The molecule has 0 bridgehead atoms. The van der Waals surface area contributed by atoms with E-state index < -0.39 is 6.09 Å². The standard InChI is InChI=1S/C18H18ClN5O2/c19-14-4-2-13(3-5-14)16-15(12-6-10-20-11-7-12)17(24-23-16)21-8-1-9-22-18(25)26/h2-7,10-11,22H,1,8-9H2,(H,25,26)(H2,21,23,24). The normalized spacial score (nSPS) is 10.5. The second-order valence-electron chi connectivity index (χ2n) is 5.58. The number of amides is 1. The zero-order valence-corrected chi connectivity index (χ0v) is 14.6. The van der Waals surface area contributed by atoms with E-state index in [2.05, 4.69) is 25.8 Å². The lowest BCUT2D eigenvalue weighted by atomic mass is 10.0. The maximum absolute atomic E-state index is 10.5. The number of nitrogens with one attached hydrogen (secondary N) is 3. The first-order valence-electron chi connectivity index (χ1n) is 8.10. The summed E-state index contributed by atoms with van der Waals surface area (Å²) in [5, 5.41) is 22.4. The van der Waals surface area contributed by atoms with E-state index in [0.717, 1.165) is 22.4 Å². The van der Waals surface area contributed by atoms with E-state index in [0.29, 0.717) is 30.4 Å². The highest BCUT2D eigenvalue weighted by Crippen LogP contribution is 2.36. The van der Waals surface area contributed by atoms with Gasteiger partial charge < -0.3 is 15.7 Å². The first-order chi connectivity index (χ1) is 12.6. The Labute approximate surface area is 155 Å². The Morgan fingerprint density at radius 2 is 1.81 bits per heavy atom. The number of carbonyl (C=O) groups is 1. The summed E-state index contributed by atoms with van der Waals surface area (Å²) >= 11 is 5.99. The van der Waals surface area contributed by atoms with Crippen LogP contribution in [0.3, 0.4) is 0 Å². The molecule has 0 unspecified atom stereocenters. The van der Waals surface area contributed by atoms with Crippen molar-refractivity contribution >= 4 is 23.5 Å². The molecule has 0 aliphatic rings. The van der Waals surface area contributed by atoms with Crippen LogP contribution in [0.25, 0.3) is 22.4 Å². The van der Waals surface area contributed by atoms with Crippen molar-refractivity contribution in [1.82, 2.24) is 20.5 Å².